The van der Waals surface area contributed by atoms with Gasteiger partial charge in [-0.15, -0.1) is 0 Å². The first-order valence-corrected chi connectivity index (χ1v) is 12.6. The molecule has 182 valence electrons. The Hall–Kier alpha value is -5.05. The highest BCUT2D eigenvalue weighted by atomic mass is 14.6. The van der Waals surface area contributed by atoms with Crippen molar-refractivity contribution in [2.24, 2.45) is 5.73 Å². The van der Waals surface area contributed by atoms with Crippen LogP contribution in [0.4, 0.5) is 0 Å². The number of nitrogens with zero attached hydrogens (tertiary/aromatic N) is 3. The van der Waals surface area contributed by atoms with Gasteiger partial charge in [0.2, 0.25) is 0 Å². The number of benzene rings is 3. The van der Waals surface area contributed by atoms with E-state index >= 15 is 0 Å². The molecule has 0 aliphatic carbocycles. The van der Waals surface area contributed by atoms with Crippen molar-refractivity contribution in [2.75, 3.05) is 0 Å². The predicted octanol–water partition coefficient (Wildman–Crippen LogP) is 6.52. The van der Waals surface area contributed by atoms with E-state index in [0.29, 0.717) is 0 Å². The maximum atomic E-state index is 6.05. The zero-order chi connectivity index (χ0) is 26.1. The number of pyridine rings is 2. The Bertz CT molecular complexity index is 1850. The van der Waals surface area contributed by atoms with Crippen LogP contribution in [0, 0.1) is 6.92 Å². The number of allylic oxidation sites excluding steroid dienone is 5. The number of fused-ring (bicyclic) bond motifs is 2. The fraction of sp³-hybridized carbons (Fsp3) is 0.0588. The number of nitrogens with two attached hydrogens (primary N) is 1. The molecule has 0 bridgehead atoms. The molecule has 1 aliphatic rings. The van der Waals surface area contributed by atoms with E-state index in [4.69, 9.17) is 10.4 Å². The molecule has 0 saturated carbocycles. The second-order valence-corrected chi connectivity index (χ2v) is 9.42. The highest BCUT2D eigenvalue weighted by Gasteiger charge is 2.29. The molecule has 4 nitrogen and oxygen atoms in total. The molecule has 0 saturated heterocycles. The molecule has 5 aromatic rings. The van der Waals surface area contributed by atoms with Crippen molar-refractivity contribution in [3.05, 3.63) is 138 Å². The fourth-order valence-corrected chi connectivity index (χ4v) is 5.40. The van der Waals surface area contributed by atoms with Crippen molar-refractivity contribution in [1.29, 1.82) is 0 Å². The van der Waals surface area contributed by atoms with Crippen molar-refractivity contribution in [1.82, 2.24) is 14.6 Å². The number of aryl methyl sites for hydroxylation is 1. The van der Waals surface area contributed by atoms with Crippen LogP contribution in [-0.4, -0.2) is 21.9 Å². The molecule has 0 unspecified atom stereocenters. The topological polar surface area (TPSA) is 65.9 Å². The Morgan fingerprint density at radius 1 is 0.816 bits per heavy atom. The van der Waals surface area contributed by atoms with E-state index in [1.54, 1.807) is 6.20 Å². The summed E-state index contributed by atoms with van der Waals surface area (Å²) in [5.41, 5.74) is 16.1. The highest BCUT2D eigenvalue weighted by Crippen LogP contribution is 2.43. The molecule has 2 N–H and O–H groups in total. The molecule has 0 fully saturated rings. The lowest BCUT2D eigenvalue weighted by Gasteiger charge is -2.20. The van der Waals surface area contributed by atoms with Crippen LogP contribution in [0.1, 0.15) is 34.7 Å². The molecule has 2 aromatic heterocycles. The van der Waals surface area contributed by atoms with Crippen LogP contribution in [-0.2, 0) is 0 Å². The third-order valence-electron chi connectivity index (χ3n) is 7.15. The minimum atomic E-state index is 0.957. The molecule has 38 heavy (non-hydrogen) atoms. The van der Waals surface area contributed by atoms with Crippen molar-refractivity contribution in [2.45, 2.75) is 13.8 Å². The molecule has 0 amide bonds. The van der Waals surface area contributed by atoms with Gasteiger partial charge in [0.25, 0.3) is 6.21 Å². The van der Waals surface area contributed by atoms with Gasteiger partial charge in [-0.3, -0.25) is 9.97 Å². The Morgan fingerprint density at radius 3 is 2.24 bits per heavy atom. The average molecular weight is 492 g/mol. The molecular formula is C34H27N4+. The third-order valence-corrected chi connectivity index (χ3v) is 7.15. The second-order valence-electron chi connectivity index (χ2n) is 9.42. The fourth-order valence-electron chi connectivity index (χ4n) is 5.40. The molecule has 3 heterocycles. The van der Waals surface area contributed by atoms with Crippen LogP contribution in [0.5, 0.6) is 0 Å². The Balaban J connectivity index is 1.73. The standard InChI is InChI=1S/C34H27N4/c1-22-7-8-29-31(21-22)33(30-14-20-38-34(30)25-12-18-37-19-13-25)28-6-4-3-5-27(28)32(29)26(9-15-35)23(2)24-10-16-36-17-11-24/h3-21H,35H2,1-2H3/q+1/b15-9-,26-23-. The smallest absolute Gasteiger partial charge is 0.342 e. The Kier molecular flexibility index (Phi) is 6.01. The lowest BCUT2D eigenvalue weighted by atomic mass is 9.82. The first kappa shape index (κ1) is 23.4. The monoisotopic (exact) mass is 491 g/mol. The molecule has 0 spiro atoms. The van der Waals surface area contributed by atoms with Crippen LogP contribution in [0.15, 0.2) is 110 Å². The van der Waals surface area contributed by atoms with Gasteiger partial charge in [0.1, 0.15) is 0 Å². The van der Waals surface area contributed by atoms with Crippen molar-refractivity contribution >= 4 is 50.2 Å². The van der Waals surface area contributed by atoms with Gasteiger partial charge in [0.15, 0.2) is 0 Å². The average Bonchev–Trinajstić information content (AvgIpc) is 3.45. The van der Waals surface area contributed by atoms with Gasteiger partial charge in [0.05, 0.1) is 11.1 Å². The summed E-state index contributed by atoms with van der Waals surface area (Å²) in [7, 11) is 0. The summed E-state index contributed by atoms with van der Waals surface area (Å²) in [6.07, 6.45) is 14.9. The molecule has 3 aromatic carbocycles. The molecule has 6 rings (SSSR count). The molecule has 0 atom stereocenters. The quantitative estimate of drug-likeness (QED) is 0.173. The Morgan fingerprint density at radius 2 is 1.50 bits per heavy atom. The van der Waals surface area contributed by atoms with E-state index in [1.807, 2.05) is 61.3 Å². The summed E-state index contributed by atoms with van der Waals surface area (Å²) in [6, 6.07) is 23.5. The summed E-state index contributed by atoms with van der Waals surface area (Å²) in [5.74, 6) is 0. The van der Waals surface area contributed by atoms with E-state index in [1.165, 1.54) is 38.2 Å². The normalized spacial score (nSPS) is 13.7. The molecule has 4 heteroatoms. The summed E-state index contributed by atoms with van der Waals surface area (Å²) < 4.78 is 4.78. The summed E-state index contributed by atoms with van der Waals surface area (Å²) in [4.78, 5) is 8.42. The van der Waals surface area contributed by atoms with Gasteiger partial charge in [-0.05, 0) is 94.2 Å². The highest BCUT2D eigenvalue weighted by molar-refractivity contribution is 6.40. The minimum Gasteiger partial charge on any atom is -0.405 e. The SMILES string of the molecule is C/C(=C(\C=C/N)c1c2ccccc2c(C2=CC=[N+]=C2c2ccncc2)c2cc(C)ccc12)c1ccncc1. The largest absolute Gasteiger partial charge is 0.405 e. The van der Waals surface area contributed by atoms with Gasteiger partial charge in [-0.2, -0.15) is 0 Å². The second kappa shape index (κ2) is 9.78. The van der Waals surface area contributed by atoms with Gasteiger partial charge in [-0.1, -0.05) is 52.7 Å². The van der Waals surface area contributed by atoms with Crippen LogP contribution < -0.4 is 10.4 Å². The minimum absolute atomic E-state index is 0.957. The van der Waals surface area contributed by atoms with Crippen molar-refractivity contribution < 1.29 is 0 Å². The van der Waals surface area contributed by atoms with Gasteiger partial charge >= 0.3 is 5.71 Å². The summed E-state index contributed by atoms with van der Waals surface area (Å²) in [5, 5.41) is 4.71. The van der Waals surface area contributed by atoms with E-state index < -0.39 is 0 Å². The van der Waals surface area contributed by atoms with Gasteiger partial charge in [0, 0.05) is 36.4 Å². The number of hydrogen-bond acceptors (Lipinski definition) is 3. The van der Waals surface area contributed by atoms with Crippen LogP contribution >= 0.6 is 0 Å². The Labute approximate surface area is 222 Å². The molecule has 0 radical (unpaired) electrons. The maximum absolute atomic E-state index is 6.05. The lowest BCUT2D eigenvalue weighted by molar-refractivity contribution is 1.31. The zero-order valence-electron chi connectivity index (χ0n) is 21.4. The lowest BCUT2D eigenvalue weighted by Crippen LogP contribution is -2.07. The maximum Gasteiger partial charge on any atom is 0.342 e. The first-order valence-electron chi connectivity index (χ1n) is 12.6. The number of hydrogen-bond donors (Lipinski definition) is 1. The summed E-state index contributed by atoms with van der Waals surface area (Å²) in [6.45, 7) is 4.29. The van der Waals surface area contributed by atoms with Crippen molar-refractivity contribution in [3.8, 4) is 0 Å². The van der Waals surface area contributed by atoms with E-state index in [2.05, 4.69) is 72.4 Å². The molecule has 1 aliphatic heterocycles. The number of aromatic nitrogens is 2. The number of rotatable bonds is 5. The van der Waals surface area contributed by atoms with Crippen molar-refractivity contribution in [3.63, 3.8) is 0 Å². The van der Waals surface area contributed by atoms with E-state index in [0.717, 1.165) is 33.6 Å². The molecular weight excluding hydrogens is 464 g/mol. The van der Waals surface area contributed by atoms with E-state index in [9.17, 15) is 0 Å². The predicted molar refractivity (Wildman–Crippen MR) is 161 cm³/mol. The third kappa shape index (κ3) is 3.94. The van der Waals surface area contributed by atoms with Gasteiger partial charge in [-0.25, -0.2) is 0 Å². The van der Waals surface area contributed by atoms with Gasteiger partial charge < -0.3 is 5.73 Å². The van der Waals surface area contributed by atoms with Crippen LogP contribution in [0.25, 0.3) is 38.3 Å². The van der Waals surface area contributed by atoms with E-state index in [-0.39, 0.29) is 0 Å². The van der Waals surface area contributed by atoms with Crippen LogP contribution in [0.2, 0.25) is 0 Å². The zero-order valence-corrected chi connectivity index (χ0v) is 21.4. The summed E-state index contributed by atoms with van der Waals surface area (Å²) >= 11 is 0. The first-order chi connectivity index (χ1) is 18.7. The van der Waals surface area contributed by atoms with Crippen LogP contribution in [0.3, 0.4) is 0 Å².